The van der Waals surface area contributed by atoms with Gasteiger partial charge in [0.05, 0.1) is 6.04 Å². The predicted molar refractivity (Wildman–Crippen MR) is 81.6 cm³/mol. The van der Waals surface area contributed by atoms with Crippen molar-refractivity contribution in [3.05, 3.63) is 23.8 Å². The van der Waals surface area contributed by atoms with E-state index >= 15 is 0 Å². The first-order valence-electron chi connectivity index (χ1n) is 6.94. The second-order valence-corrected chi connectivity index (χ2v) is 4.82. The smallest absolute Gasteiger partial charge is 0.241 e. The number of rotatable bonds is 6. The van der Waals surface area contributed by atoms with Gasteiger partial charge in [0.15, 0.2) is 0 Å². The van der Waals surface area contributed by atoms with E-state index in [0.717, 1.165) is 12.0 Å². The molecular formula is C15H23N3O2. The minimum atomic E-state index is -0.506. The van der Waals surface area contributed by atoms with E-state index in [4.69, 9.17) is 5.73 Å². The van der Waals surface area contributed by atoms with Crippen molar-refractivity contribution in [2.75, 3.05) is 10.6 Å². The van der Waals surface area contributed by atoms with Gasteiger partial charge in [0, 0.05) is 17.8 Å². The molecule has 0 aliphatic heterocycles. The van der Waals surface area contributed by atoms with Crippen LogP contribution < -0.4 is 16.4 Å². The lowest BCUT2D eigenvalue weighted by molar-refractivity contribution is -0.117. The van der Waals surface area contributed by atoms with Gasteiger partial charge in [-0.2, -0.15) is 0 Å². The number of carbonyl (C=O) groups is 2. The topological polar surface area (TPSA) is 84.2 Å². The molecule has 4 N–H and O–H groups in total. The molecule has 2 amide bonds. The number of hydrogen-bond acceptors (Lipinski definition) is 3. The maximum absolute atomic E-state index is 11.9. The third-order valence-corrected chi connectivity index (χ3v) is 3.04. The molecule has 0 unspecified atom stereocenters. The predicted octanol–water partition coefficient (Wildman–Crippen LogP) is 2.41. The quantitative estimate of drug-likeness (QED) is 0.746. The third kappa shape index (κ3) is 4.66. The van der Waals surface area contributed by atoms with Gasteiger partial charge in [-0.05, 0) is 31.0 Å². The molecule has 0 aliphatic carbocycles. The van der Waals surface area contributed by atoms with Crippen LogP contribution in [0.3, 0.4) is 0 Å². The summed E-state index contributed by atoms with van der Waals surface area (Å²) in [6.07, 6.45) is 1.92. The van der Waals surface area contributed by atoms with E-state index in [1.54, 1.807) is 13.0 Å². The van der Waals surface area contributed by atoms with E-state index < -0.39 is 6.04 Å². The first kappa shape index (κ1) is 16.2. The van der Waals surface area contributed by atoms with Crippen LogP contribution >= 0.6 is 0 Å². The number of nitrogens with one attached hydrogen (secondary N) is 2. The molecule has 0 saturated heterocycles. The maximum Gasteiger partial charge on any atom is 0.241 e. The summed E-state index contributed by atoms with van der Waals surface area (Å²) < 4.78 is 0. The van der Waals surface area contributed by atoms with Crippen LogP contribution in [0.15, 0.2) is 18.2 Å². The van der Waals surface area contributed by atoms with Gasteiger partial charge in [-0.3, -0.25) is 9.59 Å². The average molecular weight is 277 g/mol. The Bertz CT molecular complexity index is 486. The minimum absolute atomic E-state index is 0.0613. The van der Waals surface area contributed by atoms with Crippen LogP contribution in [0.2, 0.25) is 0 Å². The standard InChI is InChI=1S/C15H23N3O2/c1-4-6-12(16)15(20)18-13-9-11(8-7-10(13)3)17-14(19)5-2/h7-9,12H,4-6,16H2,1-3H3,(H,17,19)(H,18,20)/t12-/m0/s1. The fourth-order valence-corrected chi connectivity index (χ4v) is 1.75. The lowest BCUT2D eigenvalue weighted by Crippen LogP contribution is -2.35. The van der Waals surface area contributed by atoms with Crippen molar-refractivity contribution in [2.24, 2.45) is 5.73 Å². The maximum atomic E-state index is 11.9. The van der Waals surface area contributed by atoms with Crippen molar-refractivity contribution in [2.45, 2.75) is 46.1 Å². The van der Waals surface area contributed by atoms with Crippen LogP contribution in [0.4, 0.5) is 11.4 Å². The summed E-state index contributed by atoms with van der Waals surface area (Å²) in [5, 5.41) is 5.58. The molecule has 5 nitrogen and oxygen atoms in total. The molecule has 0 saturated carbocycles. The summed E-state index contributed by atoms with van der Waals surface area (Å²) in [4.78, 5) is 23.3. The number of amides is 2. The number of carbonyl (C=O) groups excluding carboxylic acids is 2. The zero-order chi connectivity index (χ0) is 15.1. The molecule has 0 heterocycles. The highest BCUT2D eigenvalue weighted by atomic mass is 16.2. The molecule has 0 radical (unpaired) electrons. The van der Waals surface area contributed by atoms with Gasteiger partial charge in [-0.1, -0.05) is 26.3 Å². The summed E-state index contributed by atoms with van der Waals surface area (Å²) in [6.45, 7) is 5.67. The molecule has 0 spiro atoms. The summed E-state index contributed by atoms with van der Waals surface area (Å²) in [5.41, 5.74) is 8.06. The first-order valence-corrected chi connectivity index (χ1v) is 6.94. The van der Waals surface area contributed by atoms with Crippen molar-refractivity contribution in [1.29, 1.82) is 0 Å². The zero-order valence-electron chi connectivity index (χ0n) is 12.3. The van der Waals surface area contributed by atoms with Crippen molar-refractivity contribution in [1.82, 2.24) is 0 Å². The van der Waals surface area contributed by atoms with E-state index in [9.17, 15) is 9.59 Å². The summed E-state index contributed by atoms with van der Waals surface area (Å²) in [6, 6.07) is 4.91. The first-order chi connectivity index (χ1) is 9.47. The van der Waals surface area contributed by atoms with Gasteiger partial charge in [0.1, 0.15) is 0 Å². The Morgan fingerprint density at radius 1 is 1.25 bits per heavy atom. The van der Waals surface area contributed by atoms with Crippen LogP contribution in [-0.4, -0.2) is 17.9 Å². The number of nitrogens with two attached hydrogens (primary N) is 1. The average Bonchev–Trinajstić information content (AvgIpc) is 2.42. The van der Waals surface area contributed by atoms with Gasteiger partial charge < -0.3 is 16.4 Å². The van der Waals surface area contributed by atoms with Crippen LogP contribution in [0.25, 0.3) is 0 Å². The van der Waals surface area contributed by atoms with Gasteiger partial charge in [0.2, 0.25) is 11.8 Å². The van der Waals surface area contributed by atoms with E-state index in [-0.39, 0.29) is 11.8 Å². The number of benzene rings is 1. The minimum Gasteiger partial charge on any atom is -0.326 e. The van der Waals surface area contributed by atoms with Crippen molar-refractivity contribution < 1.29 is 9.59 Å². The molecule has 0 aromatic heterocycles. The number of aryl methyl sites for hydroxylation is 1. The lowest BCUT2D eigenvalue weighted by Gasteiger charge is -2.14. The fraction of sp³-hybridized carbons (Fsp3) is 0.467. The van der Waals surface area contributed by atoms with Gasteiger partial charge >= 0.3 is 0 Å². The molecule has 110 valence electrons. The molecule has 20 heavy (non-hydrogen) atoms. The molecule has 0 aliphatic rings. The van der Waals surface area contributed by atoms with Crippen molar-refractivity contribution in [3.8, 4) is 0 Å². The second-order valence-electron chi connectivity index (χ2n) is 4.82. The van der Waals surface area contributed by atoms with Crippen LogP contribution in [0.5, 0.6) is 0 Å². The Balaban J connectivity index is 2.81. The Morgan fingerprint density at radius 2 is 1.95 bits per heavy atom. The van der Waals surface area contributed by atoms with E-state index in [1.165, 1.54) is 0 Å². The Morgan fingerprint density at radius 3 is 2.55 bits per heavy atom. The fourth-order valence-electron chi connectivity index (χ4n) is 1.75. The monoisotopic (exact) mass is 277 g/mol. The molecule has 5 heteroatoms. The van der Waals surface area contributed by atoms with Gasteiger partial charge in [0.25, 0.3) is 0 Å². The Labute approximate surface area is 119 Å². The largest absolute Gasteiger partial charge is 0.326 e. The van der Waals surface area contributed by atoms with Crippen molar-refractivity contribution >= 4 is 23.2 Å². The molecule has 0 bridgehead atoms. The van der Waals surface area contributed by atoms with Crippen molar-refractivity contribution in [3.63, 3.8) is 0 Å². The summed E-state index contributed by atoms with van der Waals surface area (Å²) >= 11 is 0. The van der Waals surface area contributed by atoms with E-state index in [2.05, 4.69) is 10.6 Å². The van der Waals surface area contributed by atoms with Crippen LogP contribution in [0, 0.1) is 6.92 Å². The van der Waals surface area contributed by atoms with E-state index in [0.29, 0.717) is 24.2 Å². The van der Waals surface area contributed by atoms with Crippen LogP contribution in [0.1, 0.15) is 38.7 Å². The highest BCUT2D eigenvalue weighted by molar-refractivity contribution is 5.97. The Kier molecular flexibility index (Phi) is 6.18. The number of anilines is 2. The molecule has 0 fully saturated rings. The normalized spacial score (nSPS) is 11.8. The van der Waals surface area contributed by atoms with Gasteiger partial charge in [-0.15, -0.1) is 0 Å². The molecule has 1 rings (SSSR count). The SMILES string of the molecule is CCC[C@H](N)C(=O)Nc1cc(NC(=O)CC)ccc1C. The molecular weight excluding hydrogens is 254 g/mol. The number of hydrogen-bond donors (Lipinski definition) is 3. The van der Waals surface area contributed by atoms with Crippen LogP contribution in [-0.2, 0) is 9.59 Å². The Hall–Kier alpha value is -1.88. The van der Waals surface area contributed by atoms with E-state index in [1.807, 2.05) is 26.0 Å². The highest BCUT2D eigenvalue weighted by Gasteiger charge is 2.13. The highest BCUT2D eigenvalue weighted by Crippen LogP contribution is 2.20. The molecule has 1 aromatic carbocycles. The molecule has 1 atom stereocenters. The summed E-state index contributed by atoms with van der Waals surface area (Å²) in [7, 11) is 0. The molecule has 1 aromatic rings. The third-order valence-electron chi connectivity index (χ3n) is 3.04. The summed E-state index contributed by atoms with van der Waals surface area (Å²) in [5.74, 6) is -0.261. The lowest BCUT2D eigenvalue weighted by atomic mass is 10.1. The zero-order valence-corrected chi connectivity index (χ0v) is 12.3. The second kappa shape index (κ2) is 7.65. The van der Waals surface area contributed by atoms with Gasteiger partial charge in [-0.25, -0.2) is 0 Å².